The summed E-state index contributed by atoms with van der Waals surface area (Å²) in [6, 6.07) is 0. The van der Waals surface area contributed by atoms with Gasteiger partial charge in [0.05, 0.1) is 146 Å². The number of esters is 4. The van der Waals surface area contributed by atoms with Crippen molar-refractivity contribution >= 4 is 33.7 Å². The highest BCUT2D eigenvalue weighted by molar-refractivity contribution is 7.89. The monoisotopic (exact) mass is 1430 g/mol. The Hall–Kier alpha value is -4.99. The normalized spacial score (nSPS) is 16.5. The van der Waals surface area contributed by atoms with Crippen LogP contribution < -0.4 is 0 Å². The van der Waals surface area contributed by atoms with Gasteiger partial charge in [-0.3, -0.25) is 19.2 Å². The van der Waals surface area contributed by atoms with Gasteiger partial charge < -0.3 is 56.8 Å². The number of sulfone groups is 1. The maximum Gasteiger partial charge on any atom is 0.402 e. The number of halogens is 6. The lowest BCUT2D eigenvalue weighted by molar-refractivity contribution is -0.327. The molecular formula is C73H124F6O18S. The molecule has 0 N–H and O–H groups in total. The molecule has 0 unspecified atom stereocenters. The van der Waals surface area contributed by atoms with E-state index in [4.69, 9.17) is 56.8 Å². The lowest BCUT2D eigenvalue weighted by Crippen LogP contribution is -2.44. The quantitative estimate of drug-likeness (QED) is 0.0182. The predicted octanol–water partition coefficient (Wildman–Crippen LogP) is 15.0. The van der Waals surface area contributed by atoms with Crippen molar-refractivity contribution in [3.05, 3.63) is 101 Å². The maximum atomic E-state index is 13.7. The topological polar surface area (TPSA) is 213 Å². The summed E-state index contributed by atoms with van der Waals surface area (Å²) in [6.45, 7) is 50.4. The fourth-order valence-corrected chi connectivity index (χ4v) is 8.28. The van der Waals surface area contributed by atoms with Gasteiger partial charge >= 0.3 is 36.2 Å². The van der Waals surface area contributed by atoms with Crippen LogP contribution >= 0.6 is 0 Å². The number of carbonyl (C=O) groups is 4. The summed E-state index contributed by atoms with van der Waals surface area (Å²) in [7, 11) is -2.67. The van der Waals surface area contributed by atoms with Crippen LogP contribution in [-0.4, -0.2) is 189 Å². The van der Waals surface area contributed by atoms with Gasteiger partial charge in [-0.15, -0.1) is 52.6 Å². The number of carbonyl (C=O) groups excluding carboxylic acids is 4. The molecule has 0 aliphatic heterocycles. The van der Waals surface area contributed by atoms with Crippen molar-refractivity contribution in [2.45, 2.75) is 146 Å². The molecule has 2 rings (SSSR count). The molecule has 2 aliphatic rings. The smallest absolute Gasteiger partial charge is 0.402 e. The number of rotatable bonds is 44. The SMILES string of the molecule is C=CCOCC(COCC=C)(COCC=C)COC(=O)C1CCC(C(=O)OCC(COCC=C)(COCC=C)COC(=O)C2CCC(C(=O)OCC(COCC=C)(COCC=C)COCC=C)CC2)CC1.CC(C)(C(F)(F)F)C(F)(F)F.CC(C)(C)C.CCC.CCC.CS(C)(=O)=O. The first-order valence-corrected chi connectivity index (χ1v) is 35.5. The standard InChI is InChI=1S/C55H84O16.C5H6F6.C5H12.2C3H8.C2H6O2S/c1-9-25-60-33-53(34-61-26-10-2,35-62-27-11-3)41-68-49(56)45-17-21-47(22-18-45)51(58)70-43-55(39-66-31-15-7,40-67-32-16-8)44-71-52(59)48-23-19-46(20-24-48)50(57)69-42-54(36-63-28-12-4,37-64-29-13-5)38-65-30-14-6;1-3(2,4(6,7)8)5(9,10)11;1-5(2,3)4;2*1-3-2;1-5(2,3)4/h9-16,45-48H,1-8,17-44H2;1-2H3;1-4H3;2*3H2,1-2H3;1-2H3. The van der Waals surface area contributed by atoms with Gasteiger partial charge in [0.25, 0.3) is 0 Å². The summed E-state index contributed by atoms with van der Waals surface area (Å²) in [5.41, 5.74) is -5.76. The molecule has 2 aliphatic carbocycles. The van der Waals surface area contributed by atoms with Crippen LogP contribution in [0.2, 0.25) is 0 Å². The van der Waals surface area contributed by atoms with Crippen molar-refractivity contribution < 1.29 is 111 Å². The Morgan fingerprint density at radius 1 is 0.337 bits per heavy atom. The van der Waals surface area contributed by atoms with E-state index in [9.17, 15) is 53.9 Å². The van der Waals surface area contributed by atoms with E-state index >= 15 is 0 Å². The summed E-state index contributed by atoms with van der Waals surface area (Å²) in [5.74, 6) is -3.37. The number of ether oxygens (including phenoxy) is 12. The van der Waals surface area contributed by atoms with Crippen LogP contribution in [-0.2, 0) is 85.9 Å². The van der Waals surface area contributed by atoms with Crippen LogP contribution in [0.4, 0.5) is 26.3 Å². The average Bonchev–Trinajstić information content (AvgIpc) is 0.802. The third-order valence-corrected chi connectivity index (χ3v) is 13.4. The fourth-order valence-electron chi connectivity index (χ4n) is 8.28. The molecular weight excluding hydrogens is 1310 g/mol. The molecule has 572 valence electrons. The van der Waals surface area contributed by atoms with Gasteiger partial charge in [0.2, 0.25) is 0 Å². The first kappa shape index (κ1) is 99.4. The van der Waals surface area contributed by atoms with Gasteiger partial charge in [0, 0.05) is 12.5 Å². The molecule has 2 saturated carbocycles. The summed E-state index contributed by atoms with van der Waals surface area (Å²) < 4.78 is 159. The molecule has 25 heteroatoms. The lowest BCUT2D eigenvalue weighted by Gasteiger charge is -2.35. The van der Waals surface area contributed by atoms with Gasteiger partial charge in [-0.05, 0) is 70.6 Å². The van der Waals surface area contributed by atoms with E-state index in [0.29, 0.717) is 96.4 Å². The Morgan fingerprint density at radius 2 is 0.459 bits per heavy atom. The Kier molecular flexibility index (Phi) is 56.4. The average molecular weight is 1440 g/mol. The van der Waals surface area contributed by atoms with E-state index in [-0.39, 0.29) is 118 Å². The van der Waals surface area contributed by atoms with Crippen molar-refractivity contribution in [1.29, 1.82) is 0 Å². The molecule has 0 radical (unpaired) electrons. The molecule has 0 aromatic rings. The lowest BCUT2D eigenvalue weighted by atomic mass is 9.82. The summed E-state index contributed by atoms with van der Waals surface area (Å²) in [4.78, 5) is 54.2. The Morgan fingerprint density at radius 3 is 0.561 bits per heavy atom. The van der Waals surface area contributed by atoms with Gasteiger partial charge in [0.1, 0.15) is 36.3 Å². The molecule has 18 nitrogen and oxygen atoms in total. The van der Waals surface area contributed by atoms with Crippen LogP contribution in [0.5, 0.6) is 0 Å². The third-order valence-electron chi connectivity index (χ3n) is 13.4. The Balaban J connectivity index is -0.00000137. The van der Waals surface area contributed by atoms with Crippen molar-refractivity contribution in [3.8, 4) is 0 Å². The zero-order valence-electron chi connectivity index (χ0n) is 61.3. The van der Waals surface area contributed by atoms with Crippen molar-refractivity contribution in [2.24, 2.45) is 50.7 Å². The summed E-state index contributed by atoms with van der Waals surface area (Å²) in [5, 5.41) is 0. The summed E-state index contributed by atoms with van der Waals surface area (Å²) >= 11 is 0. The minimum absolute atomic E-state index is 0.000794. The highest BCUT2D eigenvalue weighted by Gasteiger charge is 2.64. The molecule has 0 bridgehead atoms. The van der Waals surface area contributed by atoms with E-state index in [1.165, 1.54) is 12.8 Å². The predicted molar refractivity (Wildman–Crippen MR) is 374 cm³/mol. The molecule has 0 saturated heterocycles. The van der Waals surface area contributed by atoms with Crippen molar-refractivity contribution in [1.82, 2.24) is 0 Å². The highest BCUT2D eigenvalue weighted by atomic mass is 32.2. The molecule has 0 heterocycles. The maximum absolute atomic E-state index is 13.7. The van der Waals surface area contributed by atoms with Crippen LogP contribution in [0.3, 0.4) is 0 Å². The second-order valence-corrected chi connectivity index (χ2v) is 28.9. The zero-order valence-corrected chi connectivity index (χ0v) is 62.1. The van der Waals surface area contributed by atoms with Crippen LogP contribution in [0.15, 0.2) is 101 Å². The van der Waals surface area contributed by atoms with E-state index in [1.807, 2.05) is 0 Å². The van der Waals surface area contributed by atoms with Gasteiger partial charge in [-0.1, -0.05) is 117 Å². The van der Waals surface area contributed by atoms with Crippen molar-refractivity contribution in [3.63, 3.8) is 0 Å². The summed E-state index contributed by atoms with van der Waals surface area (Å²) in [6.07, 6.45) is 10.7. The van der Waals surface area contributed by atoms with Gasteiger partial charge in [-0.25, -0.2) is 8.42 Å². The molecule has 0 aromatic carbocycles. The molecule has 2 fully saturated rings. The van der Waals surface area contributed by atoms with E-state index in [1.54, 1.807) is 48.6 Å². The fraction of sp³-hybridized carbons (Fsp3) is 0.726. The molecule has 0 atom stereocenters. The third kappa shape index (κ3) is 50.4. The zero-order chi connectivity index (χ0) is 76.0. The van der Waals surface area contributed by atoms with Crippen LogP contribution in [0.1, 0.15) is 133 Å². The first-order valence-electron chi connectivity index (χ1n) is 33.2. The highest BCUT2D eigenvalue weighted by Crippen LogP contribution is 2.49. The van der Waals surface area contributed by atoms with Gasteiger partial charge in [-0.2, -0.15) is 26.3 Å². The number of hydrogen-bond donors (Lipinski definition) is 0. The van der Waals surface area contributed by atoms with Gasteiger partial charge in [0.15, 0.2) is 5.41 Å². The second kappa shape index (κ2) is 55.7. The largest absolute Gasteiger partial charge is 0.465 e. The van der Waals surface area contributed by atoms with Crippen LogP contribution in [0, 0.1) is 50.7 Å². The Bertz CT molecular complexity index is 2100. The van der Waals surface area contributed by atoms with Crippen molar-refractivity contribution in [2.75, 3.05) is 145 Å². The second-order valence-electron chi connectivity index (χ2n) is 26.6. The molecule has 0 amide bonds. The number of hydrogen-bond acceptors (Lipinski definition) is 18. The van der Waals surface area contributed by atoms with E-state index in [2.05, 4.69) is 108 Å². The van der Waals surface area contributed by atoms with E-state index in [0.717, 1.165) is 12.5 Å². The minimum atomic E-state index is -5.24. The molecule has 98 heavy (non-hydrogen) atoms. The van der Waals surface area contributed by atoms with E-state index < -0.39 is 79.5 Å². The van der Waals surface area contributed by atoms with Crippen LogP contribution in [0.25, 0.3) is 0 Å². The minimum Gasteiger partial charge on any atom is -0.465 e. The molecule has 0 aromatic heterocycles. The molecule has 0 spiro atoms. The first-order chi connectivity index (χ1) is 45.8. The number of alkyl halides is 6. The Labute approximate surface area is 584 Å².